The lowest BCUT2D eigenvalue weighted by Gasteiger charge is -2.28. The van der Waals surface area contributed by atoms with Crippen molar-refractivity contribution < 1.29 is 0 Å². The van der Waals surface area contributed by atoms with Gasteiger partial charge in [-0.05, 0) is 12.0 Å². The van der Waals surface area contributed by atoms with Crippen LogP contribution >= 0.6 is 0 Å². The van der Waals surface area contributed by atoms with E-state index in [-0.39, 0.29) is 0 Å². The van der Waals surface area contributed by atoms with E-state index in [4.69, 9.17) is 5.73 Å². The molecule has 4 heteroatoms. The van der Waals surface area contributed by atoms with E-state index in [1.165, 1.54) is 89.9 Å². The van der Waals surface area contributed by atoms with Crippen LogP contribution in [0.25, 0.3) is 0 Å². The Morgan fingerprint density at radius 1 is 0.733 bits per heavy atom. The summed E-state index contributed by atoms with van der Waals surface area (Å²) in [6.07, 6.45) is 23.3. The number of aromatic nitrogens is 3. The molecule has 1 atom stereocenters. The number of benzene rings is 1. The van der Waals surface area contributed by atoms with Crippen molar-refractivity contribution in [3.63, 3.8) is 0 Å². The Morgan fingerprint density at radius 3 is 1.70 bits per heavy atom. The standard InChI is InChI=1S/C26H44N4/c1-2-3-4-5-6-7-8-9-10-11-12-13-14-15-19-22-26(27,25-23-28-30-29-25)24-20-17-16-18-21-24/h16-18,20-21,23H,2-15,19,22,27H2,1H3,(H,28,29,30). The minimum atomic E-state index is -0.551. The number of aromatic amines is 1. The number of nitrogens with zero attached hydrogens (tertiary/aromatic N) is 2. The van der Waals surface area contributed by atoms with Crippen LogP contribution in [0.3, 0.4) is 0 Å². The van der Waals surface area contributed by atoms with Crippen LogP contribution in [0, 0.1) is 0 Å². The molecule has 0 amide bonds. The van der Waals surface area contributed by atoms with Crippen molar-refractivity contribution in [3.8, 4) is 0 Å². The van der Waals surface area contributed by atoms with Crippen molar-refractivity contribution in [2.24, 2.45) is 5.73 Å². The fourth-order valence-corrected chi connectivity index (χ4v) is 4.35. The lowest BCUT2D eigenvalue weighted by atomic mass is 9.83. The second-order valence-corrected chi connectivity index (χ2v) is 8.89. The molecular weight excluding hydrogens is 368 g/mol. The van der Waals surface area contributed by atoms with Crippen LogP contribution in [0.2, 0.25) is 0 Å². The first kappa shape index (κ1) is 24.6. The Hall–Kier alpha value is -1.68. The molecule has 0 saturated carbocycles. The smallest absolute Gasteiger partial charge is 0.107 e. The van der Waals surface area contributed by atoms with Gasteiger partial charge in [0.05, 0.1) is 11.7 Å². The molecule has 1 aromatic heterocycles. The average molecular weight is 413 g/mol. The third kappa shape index (κ3) is 8.99. The van der Waals surface area contributed by atoms with Crippen molar-refractivity contribution in [2.75, 3.05) is 0 Å². The summed E-state index contributed by atoms with van der Waals surface area (Å²) in [6, 6.07) is 10.3. The molecule has 30 heavy (non-hydrogen) atoms. The topological polar surface area (TPSA) is 67.6 Å². The maximum Gasteiger partial charge on any atom is 0.107 e. The summed E-state index contributed by atoms with van der Waals surface area (Å²) in [6.45, 7) is 2.29. The number of hydrogen-bond donors (Lipinski definition) is 2. The first-order chi connectivity index (χ1) is 14.8. The summed E-state index contributed by atoms with van der Waals surface area (Å²) < 4.78 is 0. The largest absolute Gasteiger partial charge is 0.316 e. The molecular formula is C26H44N4. The molecule has 0 fully saturated rings. The molecule has 0 aliphatic heterocycles. The van der Waals surface area contributed by atoms with Crippen molar-refractivity contribution >= 4 is 0 Å². The number of nitrogens with one attached hydrogen (secondary N) is 1. The molecule has 0 radical (unpaired) electrons. The second-order valence-electron chi connectivity index (χ2n) is 8.89. The van der Waals surface area contributed by atoms with E-state index < -0.39 is 5.54 Å². The van der Waals surface area contributed by atoms with Crippen LogP contribution in [-0.2, 0) is 5.54 Å². The van der Waals surface area contributed by atoms with Gasteiger partial charge in [0, 0.05) is 0 Å². The number of rotatable bonds is 18. The van der Waals surface area contributed by atoms with E-state index in [1.807, 2.05) is 18.2 Å². The lowest BCUT2D eigenvalue weighted by Crippen LogP contribution is -2.38. The van der Waals surface area contributed by atoms with Crippen molar-refractivity contribution in [3.05, 3.63) is 47.8 Å². The van der Waals surface area contributed by atoms with Gasteiger partial charge in [-0.3, -0.25) is 0 Å². The maximum absolute atomic E-state index is 6.82. The first-order valence-electron chi connectivity index (χ1n) is 12.5. The molecule has 2 aromatic rings. The quantitative estimate of drug-likeness (QED) is 0.253. The predicted molar refractivity (Wildman–Crippen MR) is 127 cm³/mol. The molecule has 0 aliphatic carbocycles. The Morgan fingerprint density at radius 2 is 1.23 bits per heavy atom. The van der Waals surface area contributed by atoms with Gasteiger partial charge in [0.1, 0.15) is 5.69 Å². The number of H-pyrrole nitrogens is 1. The molecule has 2 rings (SSSR count). The molecule has 168 valence electrons. The van der Waals surface area contributed by atoms with Crippen molar-refractivity contribution in [1.82, 2.24) is 15.4 Å². The molecule has 1 unspecified atom stereocenters. The van der Waals surface area contributed by atoms with Gasteiger partial charge in [0.25, 0.3) is 0 Å². The van der Waals surface area contributed by atoms with Gasteiger partial charge in [-0.1, -0.05) is 134 Å². The first-order valence-corrected chi connectivity index (χ1v) is 12.5. The summed E-state index contributed by atoms with van der Waals surface area (Å²) in [4.78, 5) is 0. The van der Waals surface area contributed by atoms with Gasteiger partial charge in [-0.2, -0.15) is 15.4 Å². The Balaban J connectivity index is 1.51. The minimum Gasteiger partial charge on any atom is -0.316 e. The Kier molecular flexibility index (Phi) is 12.4. The summed E-state index contributed by atoms with van der Waals surface area (Å²) in [5, 5.41) is 11.0. The van der Waals surface area contributed by atoms with E-state index >= 15 is 0 Å². The van der Waals surface area contributed by atoms with E-state index in [0.29, 0.717) is 0 Å². The molecule has 0 aliphatic rings. The average Bonchev–Trinajstić information content (AvgIpc) is 3.32. The van der Waals surface area contributed by atoms with Gasteiger partial charge < -0.3 is 5.73 Å². The van der Waals surface area contributed by atoms with Crippen LogP contribution < -0.4 is 5.73 Å². The van der Waals surface area contributed by atoms with Crippen molar-refractivity contribution in [1.29, 1.82) is 0 Å². The Labute approximate surface area is 184 Å². The molecule has 0 spiro atoms. The van der Waals surface area contributed by atoms with Gasteiger partial charge in [-0.15, -0.1) is 0 Å². The predicted octanol–water partition coefficient (Wildman–Crippen LogP) is 7.27. The highest BCUT2D eigenvalue weighted by molar-refractivity contribution is 5.32. The Bertz CT molecular complexity index is 626. The number of hydrogen-bond acceptors (Lipinski definition) is 3. The molecule has 0 bridgehead atoms. The minimum absolute atomic E-state index is 0.551. The van der Waals surface area contributed by atoms with Crippen LogP contribution in [0.5, 0.6) is 0 Å². The van der Waals surface area contributed by atoms with Gasteiger partial charge >= 0.3 is 0 Å². The van der Waals surface area contributed by atoms with Crippen LogP contribution in [0.4, 0.5) is 0 Å². The maximum atomic E-state index is 6.82. The van der Waals surface area contributed by atoms with E-state index in [0.717, 1.165) is 24.1 Å². The van der Waals surface area contributed by atoms with Crippen molar-refractivity contribution in [2.45, 2.75) is 115 Å². The highest BCUT2D eigenvalue weighted by Crippen LogP contribution is 2.30. The van der Waals surface area contributed by atoms with Gasteiger partial charge in [0.2, 0.25) is 0 Å². The zero-order chi connectivity index (χ0) is 21.3. The van der Waals surface area contributed by atoms with Gasteiger partial charge in [0.15, 0.2) is 0 Å². The molecule has 0 saturated heterocycles. The summed E-state index contributed by atoms with van der Waals surface area (Å²) in [5.74, 6) is 0. The zero-order valence-electron chi connectivity index (χ0n) is 19.2. The monoisotopic (exact) mass is 412 g/mol. The normalized spacial score (nSPS) is 13.4. The lowest BCUT2D eigenvalue weighted by molar-refractivity contribution is 0.440. The van der Waals surface area contributed by atoms with Crippen LogP contribution in [0.1, 0.15) is 121 Å². The molecule has 1 aromatic carbocycles. The fraction of sp³-hybridized carbons (Fsp3) is 0.692. The van der Waals surface area contributed by atoms with E-state index in [2.05, 4.69) is 34.5 Å². The SMILES string of the molecule is CCCCCCCCCCCCCCCCCC(N)(c1ccccc1)c1cn[nH]n1. The van der Waals surface area contributed by atoms with Gasteiger partial charge in [-0.25, -0.2) is 0 Å². The summed E-state index contributed by atoms with van der Waals surface area (Å²) in [5.41, 5.74) is 8.21. The fourth-order valence-electron chi connectivity index (χ4n) is 4.35. The highest BCUT2D eigenvalue weighted by atomic mass is 15.3. The van der Waals surface area contributed by atoms with Crippen LogP contribution in [0.15, 0.2) is 36.5 Å². The zero-order valence-corrected chi connectivity index (χ0v) is 19.2. The van der Waals surface area contributed by atoms with E-state index in [1.54, 1.807) is 6.20 Å². The summed E-state index contributed by atoms with van der Waals surface area (Å²) in [7, 11) is 0. The number of nitrogens with two attached hydrogens (primary N) is 1. The third-order valence-corrected chi connectivity index (χ3v) is 6.34. The number of unbranched alkanes of at least 4 members (excludes halogenated alkanes) is 14. The molecule has 1 heterocycles. The molecule has 4 nitrogen and oxygen atoms in total. The van der Waals surface area contributed by atoms with Crippen LogP contribution in [-0.4, -0.2) is 15.4 Å². The van der Waals surface area contributed by atoms with E-state index in [9.17, 15) is 0 Å². The third-order valence-electron chi connectivity index (χ3n) is 6.34. The second kappa shape index (κ2) is 15.2. The summed E-state index contributed by atoms with van der Waals surface area (Å²) >= 11 is 0. The highest BCUT2D eigenvalue weighted by Gasteiger charge is 2.31. The molecule has 3 N–H and O–H groups in total.